The summed E-state index contributed by atoms with van der Waals surface area (Å²) < 4.78 is 118. The number of rotatable bonds is 0. The monoisotopic (exact) mass is 465 g/mol. The third-order valence-corrected chi connectivity index (χ3v) is 1.70. The molecule has 0 aromatic heterocycles. The van der Waals surface area contributed by atoms with Gasteiger partial charge in [-0.15, -0.1) is 0 Å². The van der Waals surface area contributed by atoms with E-state index in [1.165, 1.54) is 0 Å². The van der Waals surface area contributed by atoms with Crippen molar-refractivity contribution in [2.75, 3.05) is 0 Å². The minimum Gasteiger partial charge on any atom is -0.741 e. The zero-order chi connectivity index (χ0) is 14.0. The second-order valence-electron chi connectivity index (χ2n) is 1.80. The summed E-state index contributed by atoms with van der Waals surface area (Å²) in [5, 5.41) is 0. The third kappa shape index (κ3) is 26.8. The van der Waals surface area contributed by atoms with Gasteiger partial charge in [0.15, 0.2) is 20.2 Å². The molecule has 23 heavy (non-hydrogen) atoms. The van der Waals surface area contributed by atoms with E-state index in [1.807, 2.05) is 0 Å². The first-order chi connectivity index (χ1) is 6.50. The average molecular weight is 465 g/mol. The summed E-state index contributed by atoms with van der Waals surface area (Å²) in [5.74, 6) is 0. The van der Waals surface area contributed by atoms with E-state index in [1.54, 1.807) is 0 Å². The van der Waals surface area contributed by atoms with Crippen LogP contribution in [0, 0.1) is 0 Å². The fourth-order valence-corrected chi connectivity index (χ4v) is 0. The van der Waals surface area contributed by atoms with Gasteiger partial charge in [-0.3, -0.25) is 0 Å². The first-order valence-corrected chi connectivity index (χ1v) is 5.36. The van der Waals surface area contributed by atoms with E-state index in [-0.39, 0.29) is 49.6 Å². The summed E-state index contributed by atoms with van der Waals surface area (Å²) in [6, 6.07) is 0. The van der Waals surface area contributed by atoms with Crippen LogP contribution < -0.4 is 0 Å². The van der Waals surface area contributed by atoms with Crippen LogP contribution in [0.15, 0.2) is 0 Å². The van der Waals surface area contributed by atoms with Gasteiger partial charge >= 0.3 is 27.8 Å². The van der Waals surface area contributed by atoms with Crippen molar-refractivity contribution in [1.29, 1.82) is 0 Å². The summed E-state index contributed by atoms with van der Waals surface area (Å²) in [7, 11) is -12.2. The average Bonchev–Trinajstić information content (AvgIpc) is 1.77. The second kappa shape index (κ2) is 16.5. The summed E-state index contributed by atoms with van der Waals surface area (Å²) in [6.07, 6.45) is 0. The Kier molecular flexibility index (Phi) is 40.9. The summed E-state index contributed by atoms with van der Waals surface area (Å²) in [6.45, 7) is 0. The molecule has 0 atom stereocenters. The van der Waals surface area contributed by atoms with E-state index in [2.05, 4.69) is 0 Å². The molecule has 0 saturated carbocycles. The molecule has 0 aliphatic carbocycles. The molecule has 0 rings (SSSR count). The van der Waals surface area contributed by atoms with Crippen molar-refractivity contribution in [3.8, 4) is 0 Å². The van der Waals surface area contributed by atoms with Crippen molar-refractivity contribution in [3.05, 3.63) is 0 Å². The largest absolute Gasteiger partial charge is 2.00 e. The number of hydrogen-bond donors (Lipinski definition) is 0. The van der Waals surface area contributed by atoms with E-state index in [4.69, 9.17) is 25.9 Å². The molecule has 0 aliphatic rings. The maximum Gasteiger partial charge on any atom is 2.00 e. The van der Waals surface area contributed by atoms with Gasteiger partial charge in [0, 0.05) is 0 Å². The van der Waals surface area contributed by atoms with Crippen molar-refractivity contribution in [2.24, 2.45) is 0 Å². The maximum atomic E-state index is 10.7. The molecular weight excluding hydrogens is 453 g/mol. The first kappa shape index (κ1) is 57.0. The molecule has 0 aromatic carbocycles. The van der Waals surface area contributed by atoms with Crippen molar-refractivity contribution < 1.29 is 102 Å². The van der Waals surface area contributed by atoms with Crippen LogP contribution in [0.3, 0.4) is 0 Å². The van der Waals surface area contributed by atoms with E-state index < -0.39 is 31.3 Å². The van der Waals surface area contributed by atoms with Crippen LogP contribution in [0.25, 0.3) is 0 Å². The minimum absolute atomic E-state index is 0. The van der Waals surface area contributed by atoms with E-state index >= 15 is 0 Å². The Morgan fingerprint density at radius 2 is 0.565 bits per heavy atom. The van der Waals surface area contributed by atoms with Crippen molar-refractivity contribution >= 4 is 20.2 Å². The van der Waals surface area contributed by atoms with Crippen molar-refractivity contribution in [1.82, 2.24) is 0 Å². The van der Waals surface area contributed by atoms with Gasteiger partial charge in [-0.05, 0) is 0 Å². The Labute approximate surface area is 134 Å². The number of hydrogen-bond acceptors (Lipinski definition) is 6. The van der Waals surface area contributed by atoms with Gasteiger partial charge in [-0.25, -0.2) is 16.8 Å². The molecular formula is C2H12CoF6O12S2. The van der Waals surface area contributed by atoms with Gasteiger partial charge in [0.1, 0.15) is 0 Å². The minimum atomic E-state index is -6.09. The zero-order valence-corrected chi connectivity index (χ0v) is 12.5. The second-order valence-corrected chi connectivity index (χ2v) is 4.54. The molecule has 0 spiro atoms. The van der Waals surface area contributed by atoms with Gasteiger partial charge in [0.2, 0.25) is 0 Å². The Morgan fingerprint density at radius 3 is 0.565 bits per heavy atom. The Bertz CT molecular complexity index is 381. The molecule has 0 aromatic rings. The van der Waals surface area contributed by atoms with E-state index in [9.17, 15) is 26.3 Å². The predicted molar refractivity (Wildman–Crippen MR) is 53.2 cm³/mol. The molecule has 21 heteroatoms. The van der Waals surface area contributed by atoms with Crippen LogP contribution in [-0.2, 0) is 37.0 Å². The first-order valence-electron chi connectivity index (χ1n) is 2.54. The van der Waals surface area contributed by atoms with Crippen LogP contribution in [0.5, 0.6) is 0 Å². The van der Waals surface area contributed by atoms with Crippen molar-refractivity contribution in [3.63, 3.8) is 0 Å². The standard InChI is InChI=1S/2CHF3O3S.Co.6H2O/c2*2-1(3,4)8(5,6)7;;;;;;;/h2*(H,5,6,7);;6*1H2/q;;+2;;;;;;/p-2. The predicted octanol–water partition coefficient (Wildman–Crippen LogP) is -4.85. The summed E-state index contributed by atoms with van der Waals surface area (Å²) >= 11 is 0. The molecule has 12 N–H and O–H groups in total. The molecule has 0 saturated heterocycles. The third-order valence-electron chi connectivity index (χ3n) is 0.567. The normalized spacial score (nSPS) is 9.74. The number of halogens is 6. The smallest absolute Gasteiger partial charge is 0.741 e. The molecule has 0 aliphatic heterocycles. The van der Waals surface area contributed by atoms with Crippen LogP contribution in [-0.4, -0.2) is 69.8 Å². The Hall–Kier alpha value is -0.334. The van der Waals surface area contributed by atoms with Crippen molar-refractivity contribution in [2.45, 2.75) is 11.0 Å². The summed E-state index contributed by atoms with van der Waals surface area (Å²) in [4.78, 5) is 0. The Balaban J connectivity index is -0.0000000187. The van der Waals surface area contributed by atoms with Crippen LogP contribution in [0.2, 0.25) is 0 Å². The topological polar surface area (TPSA) is 303 Å². The molecule has 0 fully saturated rings. The summed E-state index contributed by atoms with van der Waals surface area (Å²) in [5.41, 5.74) is -11.3. The number of alkyl halides is 6. The van der Waals surface area contributed by atoms with Crippen LogP contribution >= 0.6 is 0 Å². The molecule has 0 bridgehead atoms. The fourth-order valence-electron chi connectivity index (χ4n) is 0. The fraction of sp³-hybridized carbons (Fsp3) is 1.00. The van der Waals surface area contributed by atoms with Gasteiger partial charge in [0.05, 0.1) is 0 Å². The van der Waals surface area contributed by atoms with Gasteiger partial charge < -0.3 is 42.0 Å². The molecule has 155 valence electrons. The maximum absolute atomic E-state index is 10.7. The van der Waals surface area contributed by atoms with E-state index in [0.29, 0.717) is 0 Å². The molecule has 0 unspecified atom stereocenters. The van der Waals surface area contributed by atoms with Gasteiger partial charge in [-0.2, -0.15) is 26.3 Å². The quantitative estimate of drug-likeness (QED) is 0.192. The van der Waals surface area contributed by atoms with Gasteiger partial charge in [-0.1, -0.05) is 0 Å². The molecule has 1 radical (unpaired) electrons. The molecule has 0 amide bonds. The molecule has 12 nitrogen and oxygen atoms in total. The van der Waals surface area contributed by atoms with Crippen LogP contribution in [0.4, 0.5) is 26.3 Å². The molecule has 0 heterocycles. The SMILES string of the molecule is O.O.O.O.O.O.O=S(=O)([O-])C(F)(F)F.O=S(=O)([O-])C(F)(F)F.[Co+2]. The van der Waals surface area contributed by atoms with E-state index in [0.717, 1.165) is 0 Å². The Morgan fingerprint density at radius 1 is 0.522 bits per heavy atom. The van der Waals surface area contributed by atoms with Crippen LogP contribution in [0.1, 0.15) is 0 Å². The zero-order valence-electron chi connectivity index (χ0n) is 9.87. The van der Waals surface area contributed by atoms with Gasteiger partial charge in [0.25, 0.3) is 0 Å².